The first-order valence-electron chi connectivity index (χ1n) is 7.43. The third-order valence-electron chi connectivity index (χ3n) is 3.49. The van der Waals surface area contributed by atoms with Crippen LogP contribution in [0.25, 0.3) is 12.7 Å². The molecule has 0 saturated heterocycles. The Labute approximate surface area is 127 Å². The van der Waals surface area contributed by atoms with E-state index in [1.54, 1.807) is 0 Å². The average Bonchev–Trinajstić information content (AvgIpc) is 2.43. The maximum absolute atomic E-state index is 4.61. The van der Waals surface area contributed by atoms with Crippen LogP contribution in [0.1, 0.15) is 29.3 Å². The fourth-order valence-electron chi connectivity index (χ4n) is 2.53. The Morgan fingerprint density at radius 3 is 2.38 bits per heavy atom. The highest BCUT2D eigenvalue weighted by atomic mass is 14.7. The summed E-state index contributed by atoms with van der Waals surface area (Å²) >= 11 is 0. The highest BCUT2D eigenvalue weighted by Crippen LogP contribution is 2.11. The number of benzene rings is 1. The van der Waals surface area contributed by atoms with Crippen molar-refractivity contribution in [3.8, 4) is 0 Å². The van der Waals surface area contributed by atoms with Gasteiger partial charge >= 0.3 is 0 Å². The van der Waals surface area contributed by atoms with Crippen LogP contribution >= 0.6 is 0 Å². The summed E-state index contributed by atoms with van der Waals surface area (Å²) in [6, 6.07) is 10.9. The SMILES string of the molecule is C=c1nc(CCc2cc(C)cc(C)c2)cc/c1=C/C=C\C. The van der Waals surface area contributed by atoms with Gasteiger partial charge in [0.2, 0.25) is 0 Å². The first kappa shape index (κ1) is 15.2. The van der Waals surface area contributed by atoms with Crippen molar-refractivity contribution in [1.82, 2.24) is 4.98 Å². The van der Waals surface area contributed by atoms with Gasteiger partial charge in [-0.15, -0.1) is 0 Å². The molecule has 0 fully saturated rings. The molecular weight excluding hydrogens is 254 g/mol. The molecule has 0 atom stereocenters. The summed E-state index contributed by atoms with van der Waals surface area (Å²) in [7, 11) is 0. The topological polar surface area (TPSA) is 12.9 Å². The second-order valence-corrected chi connectivity index (χ2v) is 5.53. The van der Waals surface area contributed by atoms with Crippen LogP contribution < -0.4 is 10.6 Å². The van der Waals surface area contributed by atoms with E-state index in [2.05, 4.69) is 55.7 Å². The van der Waals surface area contributed by atoms with Crippen molar-refractivity contribution in [2.24, 2.45) is 0 Å². The zero-order valence-corrected chi connectivity index (χ0v) is 13.2. The van der Waals surface area contributed by atoms with E-state index in [0.717, 1.165) is 29.1 Å². The molecule has 2 aromatic rings. The van der Waals surface area contributed by atoms with Crippen molar-refractivity contribution in [1.29, 1.82) is 0 Å². The maximum atomic E-state index is 4.61. The van der Waals surface area contributed by atoms with Gasteiger partial charge in [0.25, 0.3) is 0 Å². The zero-order valence-electron chi connectivity index (χ0n) is 13.2. The first-order chi connectivity index (χ1) is 10.1. The second kappa shape index (κ2) is 7.03. The molecule has 1 nitrogen and oxygen atoms in total. The lowest BCUT2D eigenvalue weighted by molar-refractivity contribution is 0.901. The van der Waals surface area contributed by atoms with E-state index in [1.165, 1.54) is 16.7 Å². The van der Waals surface area contributed by atoms with E-state index >= 15 is 0 Å². The molecule has 0 unspecified atom stereocenters. The summed E-state index contributed by atoms with van der Waals surface area (Å²) in [5.41, 5.74) is 5.14. The Kier molecular flexibility index (Phi) is 5.10. The molecule has 1 heterocycles. The summed E-state index contributed by atoms with van der Waals surface area (Å²) in [5.74, 6) is 0. The van der Waals surface area contributed by atoms with Crippen LogP contribution in [-0.4, -0.2) is 4.98 Å². The largest absolute Gasteiger partial charge is 0.253 e. The molecule has 0 bridgehead atoms. The summed E-state index contributed by atoms with van der Waals surface area (Å²) in [6.45, 7) is 10.3. The molecule has 0 saturated carbocycles. The number of nitrogens with zero attached hydrogens (tertiary/aromatic N) is 1. The van der Waals surface area contributed by atoms with E-state index < -0.39 is 0 Å². The van der Waals surface area contributed by atoms with Crippen molar-refractivity contribution in [2.45, 2.75) is 33.6 Å². The lowest BCUT2D eigenvalue weighted by Gasteiger charge is -2.05. The molecular formula is C20H23N. The van der Waals surface area contributed by atoms with E-state index in [0.29, 0.717) is 0 Å². The summed E-state index contributed by atoms with van der Waals surface area (Å²) < 4.78 is 0. The van der Waals surface area contributed by atoms with E-state index in [-0.39, 0.29) is 0 Å². The third kappa shape index (κ3) is 4.42. The van der Waals surface area contributed by atoms with Crippen molar-refractivity contribution in [3.63, 3.8) is 0 Å². The van der Waals surface area contributed by atoms with Crippen molar-refractivity contribution in [3.05, 3.63) is 75.4 Å². The van der Waals surface area contributed by atoms with Gasteiger partial charge in [0.1, 0.15) is 0 Å². The quantitative estimate of drug-likeness (QED) is 0.836. The van der Waals surface area contributed by atoms with Crippen LogP contribution in [-0.2, 0) is 12.8 Å². The number of hydrogen-bond acceptors (Lipinski definition) is 1. The number of allylic oxidation sites excluding steroid dienone is 2. The Balaban J connectivity index is 2.14. The summed E-state index contributed by atoms with van der Waals surface area (Å²) in [4.78, 5) is 4.61. The van der Waals surface area contributed by atoms with E-state index in [4.69, 9.17) is 0 Å². The minimum atomic E-state index is 0.853. The van der Waals surface area contributed by atoms with Gasteiger partial charge in [0, 0.05) is 5.69 Å². The van der Waals surface area contributed by atoms with Crippen molar-refractivity contribution < 1.29 is 0 Å². The van der Waals surface area contributed by atoms with Gasteiger partial charge < -0.3 is 0 Å². The van der Waals surface area contributed by atoms with Gasteiger partial charge in [0.15, 0.2) is 0 Å². The molecule has 108 valence electrons. The van der Waals surface area contributed by atoms with Crippen LogP contribution in [0.3, 0.4) is 0 Å². The van der Waals surface area contributed by atoms with Gasteiger partial charge in [-0.3, -0.25) is 4.98 Å². The van der Waals surface area contributed by atoms with Gasteiger partial charge in [-0.05, 0) is 50.5 Å². The van der Waals surface area contributed by atoms with Crippen LogP contribution in [0.2, 0.25) is 0 Å². The Morgan fingerprint density at radius 2 is 1.76 bits per heavy atom. The lowest BCUT2D eigenvalue weighted by atomic mass is 10.0. The Morgan fingerprint density at radius 1 is 1.05 bits per heavy atom. The Bertz CT molecular complexity index is 734. The number of pyridine rings is 1. The van der Waals surface area contributed by atoms with Crippen molar-refractivity contribution >= 4 is 12.7 Å². The van der Waals surface area contributed by atoms with Crippen LogP contribution in [0, 0.1) is 13.8 Å². The minimum absolute atomic E-state index is 0.853. The monoisotopic (exact) mass is 277 g/mol. The first-order valence-corrected chi connectivity index (χ1v) is 7.43. The standard InChI is InChI=1S/C20H23N/c1-5-6-7-19-9-11-20(21-17(19)4)10-8-18-13-15(2)12-16(3)14-18/h5-7,9,11-14H,4,8,10H2,1-3H3/b6-5-,19-7-. The van der Waals surface area contributed by atoms with Gasteiger partial charge in [-0.2, -0.15) is 0 Å². The zero-order chi connectivity index (χ0) is 15.2. The van der Waals surface area contributed by atoms with Crippen LogP contribution in [0.15, 0.2) is 42.5 Å². The second-order valence-electron chi connectivity index (χ2n) is 5.53. The normalized spacial score (nSPS) is 12.2. The number of aryl methyl sites for hydroxylation is 4. The number of rotatable bonds is 4. The number of aromatic nitrogens is 1. The summed E-state index contributed by atoms with van der Waals surface area (Å²) in [5, 5.41) is 1.94. The molecule has 0 radical (unpaired) electrons. The lowest BCUT2D eigenvalue weighted by Crippen LogP contribution is -2.27. The highest BCUT2D eigenvalue weighted by molar-refractivity contribution is 5.36. The maximum Gasteiger partial charge on any atom is 0.0633 e. The molecule has 0 spiro atoms. The van der Waals surface area contributed by atoms with E-state index in [1.807, 2.05) is 25.2 Å². The molecule has 1 heteroatoms. The third-order valence-corrected chi connectivity index (χ3v) is 3.49. The average molecular weight is 277 g/mol. The molecule has 21 heavy (non-hydrogen) atoms. The molecule has 0 aliphatic heterocycles. The van der Waals surface area contributed by atoms with Gasteiger partial charge in [0.05, 0.1) is 5.35 Å². The Hall–Kier alpha value is -2.15. The van der Waals surface area contributed by atoms with E-state index in [9.17, 15) is 0 Å². The smallest absolute Gasteiger partial charge is 0.0633 e. The number of hydrogen-bond donors (Lipinski definition) is 0. The van der Waals surface area contributed by atoms with Gasteiger partial charge in [-0.1, -0.05) is 60.2 Å². The summed E-state index contributed by atoms with van der Waals surface area (Å²) in [6.07, 6.45) is 8.04. The molecule has 1 aromatic heterocycles. The molecule has 0 N–H and O–H groups in total. The van der Waals surface area contributed by atoms with Crippen LogP contribution in [0.4, 0.5) is 0 Å². The molecule has 2 rings (SSSR count). The molecule has 0 aliphatic carbocycles. The van der Waals surface area contributed by atoms with Crippen molar-refractivity contribution in [2.75, 3.05) is 0 Å². The predicted molar refractivity (Wildman–Crippen MR) is 91.6 cm³/mol. The molecule has 1 aromatic carbocycles. The predicted octanol–water partition coefficient (Wildman–Crippen LogP) is 3.25. The van der Waals surface area contributed by atoms with Crippen LogP contribution in [0.5, 0.6) is 0 Å². The fourth-order valence-corrected chi connectivity index (χ4v) is 2.53. The minimum Gasteiger partial charge on any atom is -0.253 e. The van der Waals surface area contributed by atoms with Gasteiger partial charge in [-0.25, -0.2) is 0 Å². The molecule has 0 aliphatic rings. The highest BCUT2D eigenvalue weighted by Gasteiger charge is 1.99. The fraction of sp³-hybridized carbons (Fsp3) is 0.250. The molecule has 0 amide bonds.